The molecule has 0 saturated carbocycles. The highest BCUT2D eigenvalue weighted by Gasteiger charge is 2.01. The molecule has 2 heterocycles. The van der Waals surface area contributed by atoms with Crippen molar-refractivity contribution in [1.29, 1.82) is 0 Å². The summed E-state index contributed by atoms with van der Waals surface area (Å²) in [4.78, 5) is 31.4. The highest BCUT2D eigenvalue weighted by molar-refractivity contribution is 5.74. The SMILES string of the molecule is O=C(NCCCCCCCNC(=O)NCc1cccnc1)NCc1cccnc1. The first-order chi connectivity index (χ1) is 14.2. The van der Waals surface area contributed by atoms with Gasteiger partial charge in [0.15, 0.2) is 0 Å². The monoisotopic (exact) mass is 398 g/mol. The highest BCUT2D eigenvalue weighted by atomic mass is 16.2. The van der Waals surface area contributed by atoms with Gasteiger partial charge in [-0.3, -0.25) is 9.97 Å². The Kier molecular flexibility index (Phi) is 10.6. The predicted octanol–water partition coefficient (Wildman–Crippen LogP) is 2.73. The first kappa shape index (κ1) is 22.1. The number of hydrogen-bond donors (Lipinski definition) is 4. The van der Waals surface area contributed by atoms with Gasteiger partial charge in [0, 0.05) is 51.0 Å². The predicted molar refractivity (Wildman–Crippen MR) is 112 cm³/mol. The third kappa shape index (κ3) is 10.7. The summed E-state index contributed by atoms with van der Waals surface area (Å²) in [5.41, 5.74) is 1.95. The zero-order chi connectivity index (χ0) is 20.6. The zero-order valence-electron chi connectivity index (χ0n) is 16.7. The summed E-state index contributed by atoms with van der Waals surface area (Å²) in [6.45, 7) is 2.27. The molecule has 8 heteroatoms. The van der Waals surface area contributed by atoms with Gasteiger partial charge in [-0.05, 0) is 36.1 Å². The maximum absolute atomic E-state index is 11.7. The fourth-order valence-corrected chi connectivity index (χ4v) is 2.68. The molecule has 4 amide bonds. The van der Waals surface area contributed by atoms with E-state index in [1.54, 1.807) is 24.8 Å². The van der Waals surface area contributed by atoms with Crippen molar-refractivity contribution in [1.82, 2.24) is 31.2 Å². The van der Waals surface area contributed by atoms with E-state index in [2.05, 4.69) is 31.2 Å². The summed E-state index contributed by atoms with van der Waals surface area (Å²) in [6.07, 6.45) is 12.0. The molecule has 29 heavy (non-hydrogen) atoms. The van der Waals surface area contributed by atoms with Crippen molar-refractivity contribution in [2.45, 2.75) is 45.2 Å². The number of urea groups is 2. The zero-order valence-corrected chi connectivity index (χ0v) is 16.7. The lowest BCUT2D eigenvalue weighted by Crippen LogP contribution is -2.35. The van der Waals surface area contributed by atoms with Crippen molar-refractivity contribution in [2.24, 2.45) is 0 Å². The van der Waals surface area contributed by atoms with Crippen LogP contribution in [0.25, 0.3) is 0 Å². The molecule has 8 nitrogen and oxygen atoms in total. The second kappa shape index (κ2) is 13.9. The summed E-state index contributed by atoms with van der Waals surface area (Å²) < 4.78 is 0. The van der Waals surface area contributed by atoms with Gasteiger partial charge in [-0.15, -0.1) is 0 Å². The molecule has 4 N–H and O–H groups in total. The van der Waals surface area contributed by atoms with Crippen LogP contribution in [0.4, 0.5) is 9.59 Å². The normalized spacial score (nSPS) is 10.2. The molecule has 2 aromatic heterocycles. The van der Waals surface area contributed by atoms with Crippen LogP contribution in [0, 0.1) is 0 Å². The molecule has 0 radical (unpaired) electrons. The van der Waals surface area contributed by atoms with Crippen LogP contribution < -0.4 is 21.3 Å². The number of carbonyl (C=O) groups is 2. The molecule has 0 aliphatic heterocycles. The Morgan fingerprint density at radius 3 is 1.52 bits per heavy atom. The molecule has 0 aliphatic rings. The average Bonchev–Trinajstić information content (AvgIpc) is 2.76. The number of nitrogens with zero attached hydrogens (tertiary/aromatic N) is 2. The van der Waals surface area contributed by atoms with Gasteiger partial charge in [0.2, 0.25) is 0 Å². The number of carbonyl (C=O) groups excluding carboxylic acids is 2. The number of nitrogens with one attached hydrogen (secondary N) is 4. The van der Waals surface area contributed by atoms with Gasteiger partial charge in [0.1, 0.15) is 0 Å². The van der Waals surface area contributed by atoms with E-state index in [4.69, 9.17) is 0 Å². The lowest BCUT2D eigenvalue weighted by Gasteiger charge is -2.08. The van der Waals surface area contributed by atoms with E-state index in [9.17, 15) is 9.59 Å². The molecule has 2 aromatic rings. The molecule has 0 fully saturated rings. The standard InChI is InChI=1S/C21H30N6O2/c28-20(26-16-18-8-6-10-22-14-18)24-12-4-2-1-3-5-13-25-21(29)27-17-19-9-7-11-23-15-19/h6-11,14-15H,1-5,12-13,16-17H2,(H2,24,26,28)(H2,25,27,29). The number of pyridine rings is 2. The Labute approximate surface area is 171 Å². The maximum Gasteiger partial charge on any atom is 0.315 e. The van der Waals surface area contributed by atoms with Gasteiger partial charge >= 0.3 is 12.1 Å². The summed E-state index contributed by atoms with van der Waals surface area (Å²) >= 11 is 0. The van der Waals surface area contributed by atoms with Crippen LogP contribution in [-0.4, -0.2) is 35.1 Å². The molecule has 156 valence electrons. The van der Waals surface area contributed by atoms with E-state index in [0.29, 0.717) is 26.2 Å². The molecular formula is C21H30N6O2. The van der Waals surface area contributed by atoms with E-state index < -0.39 is 0 Å². The fraction of sp³-hybridized carbons (Fsp3) is 0.429. The lowest BCUT2D eigenvalue weighted by molar-refractivity contribution is 0.239. The summed E-state index contributed by atoms with van der Waals surface area (Å²) in [5.74, 6) is 0. The number of hydrogen-bond acceptors (Lipinski definition) is 4. The molecule has 0 aliphatic carbocycles. The van der Waals surface area contributed by atoms with E-state index in [1.807, 2.05) is 24.3 Å². The second-order valence-corrected chi connectivity index (χ2v) is 6.71. The Morgan fingerprint density at radius 1 is 0.655 bits per heavy atom. The van der Waals surface area contributed by atoms with Gasteiger partial charge in [-0.2, -0.15) is 0 Å². The largest absolute Gasteiger partial charge is 0.338 e. The van der Waals surface area contributed by atoms with Gasteiger partial charge in [-0.25, -0.2) is 9.59 Å². The summed E-state index contributed by atoms with van der Waals surface area (Å²) in [5, 5.41) is 11.3. The number of aromatic nitrogens is 2. The Morgan fingerprint density at radius 2 is 1.10 bits per heavy atom. The van der Waals surface area contributed by atoms with Crippen molar-refractivity contribution in [2.75, 3.05) is 13.1 Å². The molecule has 0 aromatic carbocycles. The maximum atomic E-state index is 11.7. The van der Waals surface area contributed by atoms with Crippen molar-refractivity contribution >= 4 is 12.1 Å². The smallest absolute Gasteiger partial charge is 0.315 e. The summed E-state index contributed by atoms with van der Waals surface area (Å²) in [7, 11) is 0. The van der Waals surface area contributed by atoms with Crippen molar-refractivity contribution in [3.63, 3.8) is 0 Å². The number of unbranched alkanes of at least 4 members (excludes halogenated alkanes) is 4. The topological polar surface area (TPSA) is 108 Å². The minimum absolute atomic E-state index is 0.157. The Balaban J connectivity index is 1.36. The van der Waals surface area contributed by atoms with Crippen LogP contribution in [-0.2, 0) is 13.1 Å². The van der Waals surface area contributed by atoms with Gasteiger partial charge in [0.25, 0.3) is 0 Å². The average molecular weight is 399 g/mol. The van der Waals surface area contributed by atoms with Crippen LogP contribution in [0.5, 0.6) is 0 Å². The van der Waals surface area contributed by atoms with E-state index in [1.165, 1.54) is 0 Å². The van der Waals surface area contributed by atoms with Crippen LogP contribution in [0.3, 0.4) is 0 Å². The van der Waals surface area contributed by atoms with Crippen molar-refractivity contribution in [3.8, 4) is 0 Å². The minimum Gasteiger partial charge on any atom is -0.338 e. The molecule has 0 bridgehead atoms. The first-order valence-electron chi connectivity index (χ1n) is 10.1. The van der Waals surface area contributed by atoms with Gasteiger partial charge in [-0.1, -0.05) is 31.4 Å². The van der Waals surface area contributed by atoms with Crippen molar-refractivity contribution < 1.29 is 9.59 Å². The van der Waals surface area contributed by atoms with E-state index in [-0.39, 0.29) is 12.1 Å². The van der Waals surface area contributed by atoms with Gasteiger partial charge < -0.3 is 21.3 Å². The Bertz CT molecular complexity index is 650. The van der Waals surface area contributed by atoms with E-state index >= 15 is 0 Å². The Hall–Kier alpha value is -3.16. The van der Waals surface area contributed by atoms with Crippen LogP contribution in [0.15, 0.2) is 49.1 Å². The minimum atomic E-state index is -0.157. The van der Waals surface area contributed by atoms with Gasteiger partial charge in [0.05, 0.1) is 0 Å². The van der Waals surface area contributed by atoms with E-state index in [0.717, 1.165) is 43.2 Å². The molecular weight excluding hydrogens is 368 g/mol. The molecule has 0 unspecified atom stereocenters. The van der Waals surface area contributed by atoms with Crippen LogP contribution >= 0.6 is 0 Å². The third-order valence-corrected chi connectivity index (χ3v) is 4.28. The quantitative estimate of drug-likeness (QED) is 0.412. The molecule has 0 spiro atoms. The second-order valence-electron chi connectivity index (χ2n) is 6.71. The molecule has 0 atom stereocenters. The molecule has 0 saturated heterocycles. The highest BCUT2D eigenvalue weighted by Crippen LogP contribution is 2.02. The summed E-state index contributed by atoms with van der Waals surface area (Å²) in [6, 6.07) is 7.23. The third-order valence-electron chi connectivity index (χ3n) is 4.28. The fourth-order valence-electron chi connectivity index (χ4n) is 2.68. The molecule has 2 rings (SSSR count). The first-order valence-corrected chi connectivity index (χ1v) is 10.1. The number of rotatable bonds is 12. The lowest BCUT2D eigenvalue weighted by atomic mass is 10.1. The van der Waals surface area contributed by atoms with Crippen LogP contribution in [0.2, 0.25) is 0 Å². The van der Waals surface area contributed by atoms with Crippen LogP contribution in [0.1, 0.15) is 43.2 Å². The number of amides is 4. The van der Waals surface area contributed by atoms with Crippen molar-refractivity contribution in [3.05, 3.63) is 60.2 Å².